The summed E-state index contributed by atoms with van der Waals surface area (Å²) < 4.78 is 16.0. The van der Waals surface area contributed by atoms with Crippen molar-refractivity contribution in [3.63, 3.8) is 0 Å². The first kappa shape index (κ1) is 17.1. The van der Waals surface area contributed by atoms with E-state index in [1.807, 2.05) is 18.2 Å². The molecule has 1 aromatic carbocycles. The van der Waals surface area contributed by atoms with Crippen LogP contribution < -0.4 is 14.8 Å². The van der Waals surface area contributed by atoms with E-state index in [2.05, 4.69) is 5.32 Å². The molecule has 112 valence electrons. The lowest BCUT2D eigenvalue weighted by molar-refractivity contribution is 0.199. The fourth-order valence-corrected chi connectivity index (χ4v) is 1.71. The van der Waals surface area contributed by atoms with Gasteiger partial charge in [-0.15, -0.1) is 0 Å². The molecule has 1 aromatic rings. The van der Waals surface area contributed by atoms with Crippen LogP contribution in [0.2, 0.25) is 0 Å². The Morgan fingerprint density at radius 1 is 1.35 bits per heavy atom. The van der Waals surface area contributed by atoms with Crippen LogP contribution in [-0.4, -0.2) is 34.0 Å². The first-order chi connectivity index (χ1) is 9.72. The predicted octanol–water partition coefficient (Wildman–Crippen LogP) is 3.13. The van der Waals surface area contributed by atoms with Gasteiger partial charge in [0, 0.05) is 31.3 Å². The molecule has 0 saturated heterocycles. The summed E-state index contributed by atoms with van der Waals surface area (Å²) in [5.41, 5.74) is 2.27. The number of para-hydroxylation sites is 1. The SMILES string of the molecule is COCCNCc1cccc(OC)c1OCC(Cl)=CCl. The Kier molecular flexibility index (Phi) is 8.46. The van der Waals surface area contributed by atoms with Gasteiger partial charge < -0.3 is 19.5 Å². The van der Waals surface area contributed by atoms with Gasteiger partial charge in [0.1, 0.15) is 6.61 Å². The van der Waals surface area contributed by atoms with Crippen molar-refractivity contribution in [2.24, 2.45) is 0 Å². The van der Waals surface area contributed by atoms with Crippen LogP contribution in [0.4, 0.5) is 0 Å². The van der Waals surface area contributed by atoms with Crippen molar-refractivity contribution in [3.8, 4) is 11.5 Å². The van der Waals surface area contributed by atoms with Crippen LogP contribution in [0.15, 0.2) is 28.8 Å². The zero-order chi connectivity index (χ0) is 14.8. The molecule has 0 fully saturated rings. The quantitative estimate of drug-likeness (QED) is 0.710. The summed E-state index contributed by atoms with van der Waals surface area (Å²) in [5, 5.41) is 3.69. The van der Waals surface area contributed by atoms with Crippen molar-refractivity contribution < 1.29 is 14.2 Å². The van der Waals surface area contributed by atoms with E-state index in [1.165, 1.54) is 5.54 Å². The number of halogens is 2. The maximum atomic E-state index is 5.84. The van der Waals surface area contributed by atoms with Gasteiger partial charge in [0.25, 0.3) is 0 Å². The highest BCUT2D eigenvalue weighted by Crippen LogP contribution is 2.31. The van der Waals surface area contributed by atoms with Gasteiger partial charge in [-0.1, -0.05) is 35.3 Å². The molecule has 1 rings (SSSR count). The van der Waals surface area contributed by atoms with Crippen LogP contribution >= 0.6 is 23.2 Å². The summed E-state index contributed by atoms with van der Waals surface area (Å²) in [7, 11) is 3.27. The molecule has 0 saturated carbocycles. The molecule has 0 radical (unpaired) electrons. The van der Waals surface area contributed by atoms with E-state index in [-0.39, 0.29) is 6.61 Å². The van der Waals surface area contributed by atoms with Gasteiger partial charge in [0.2, 0.25) is 0 Å². The molecule has 4 nitrogen and oxygen atoms in total. The van der Waals surface area contributed by atoms with Gasteiger partial charge in [0.05, 0.1) is 18.7 Å². The molecule has 0 atom stereocenters. The molecule has 0 aliphatic rings. The van der Waals surface area contributed by atoms with E-state index < -0.39 is 0 Å². The molecular formula is C14H19Cl2NO3. The average molecular weight is 320 g/mol. The molecule has 0 unspecified atom stereocenters. The fourth-order valence-electron chi connectivity index (χ4n) is 1.59. The third kappa shape index (κ3) is 5.59. The maximum Gasteiger partial charge on any atom is 0.166 e. The Balaban J connectivity index is 2.75. The largest absolute Gasteiger partial charge is 0.493 e. The summed E-state index contributed by atoms with van der Waals surface area (Å²) in [4.78, 5) is 0. The van der Waals surface area contributed by atoms with E-state index in [9.17, 15) is 0 Å². The molecule has 20 heavy (non-hydrogen) atoms. The van der Waals surface area contributed by atoms with Crippen molar-refractivity contribution in [3.05, 3.63) is 34.3 Å². The molecule has 1 N–H and O–H groups in total. The molecular weight excluding hydrogens is 301 g/mol. The third-order valence-corrected chi connectivity index (χ3v) is 3.14. The number of nitrogens with one attached hydrogen (secondary N) is 1. The normalized spacial score (nSPS) is 11.5. The molecule has 0 heterocycles. The molecule has 0 spiro atoms. The van der Waals surface area contributed by atoms with Gasteiger partial charge in [-0.25, -0.2) is 0 Å². The smallest absolute Gasteiger partial charge is 0.166 e. The van der Waals surface area contributed by atoms with Crippen LogP contribution in [0.5, 0.6) is 11.5 Å². The first-order valence-corrected chi connectivity index (χ1v) is 6.97. The van der Waals surface area contributed by atoms with Gasteiger partial charge >= 0.3 is 0 Å². The lowest BCUT2D eigenvalue weighted by atomic mass is 10.2. The van der Waals surface area contributed by atoms with Gasteiger partial charge in [-0.2, -0.15) is 0 Å². The lowest BCUT2D eigenvalue weighted by Gasteiger charge is -2.15. The van der Waals surface area contributed by atoms with E-state index in [0.29, 0.717) is 29.7 Å². The second-order valence-corrected chi connectivity index (χ2v) is 4.67. The van der Waals surface area contributed by atoms with Crippen molar-refractivity contribution in [1.29, 1.82) is 0 Å². The fraction of sp³-hybridized carbons (Fsp3) is 0.429. The minimum atomic E-state index is 0.205. The van der Waals surface area contributed by atoms with Gasteiger partial charge in [0.15, 0.2) is 11.5 Å². The van der Waals surface area contributed by atoms with Crippen LogP contribution in [0.25, 0.3) is 0 Å². The van der Waals surface area contributed by atoms with E-state index in [4.69, 9.17) is 37.4 Å². The summed E-state index contributed by atoms with van der Waals surface area (Å²) in [6.45, 7) is 2.27. The number of rotatable bonds is 9. The minimum Gasteiger partial charge on any atom is -0.493 e. The standard InChI is InChI=1S/C14H19Cl2NO3/c1-18-7-6-17-9-11-4-3-5-13(19-2)14(11)20-10-12(16)8-15/h3-5,8,17H,6-7,9-10H2,1-2H3. The van der Waals surface area contributed by atoms with E-state index in [1.54, 1.807) is 14.2 Å². The highest BCUT2D eigenvalue weighted by Gasteiger charge is 2.10. The number of benzene rings is 1. The summed E-state index contributed by atoms with van der Waals surface area (Å²) >= 11 is 11.4. The monoisotopic (exact) mass is 319 g/mol. The maximum absolute atomic E-state index is 5.84. The Morgan fingerprint density at radius 2 is 2.15 bits per heavy atom. The number of methoxy groups -OCH3 is 2. The lowest BCUT2D eigenvalue weighted by Crippen LogP contribution is -2.19. The van der Waals surface area contributed by atoms with Crippen molar-refractivity contribution >= 4 is 23.2 Å². The van der Waals surface area contributed by atoms with Crippen molar-refractivity contribution in [2.45, 2.75) is 6.54 Å². The van der Waals surface area contributed by atoms with Crippen LogP contribution in [0.1, 0.15) is 5.56 Å². The second kappa shape index (κ2) is 9.88. The third-order valence-electron chi connectivity index (χ3n) is 2.55. The van der Waals surface area contributed by atoms with E-state index >= 15 is 0 Å². The highest BCUT2D eigenvalue weighted by molar-refractivity contribution is 6.36. The Morgan fingerprint density at radius 3 is 2.80 bits per heavy atom. The Labute approximate surface area is 129 Å². The zero-order valence-corrected chi connectivity index (χ0v) is 13.1. The molecule has 0 amide bonds. The van der Waals surface area contributed by atoms with Crippen molar-refractivity contribution in [2.75, 3.05) is 34.0 Å². The summed E-state index contributed by atoms with van der Waals surface area (Å²) in [6, 6.07) is 5.72. The van der Waals surface area contributed by atoms with Crippen LogP contribution in [0, 0.1) is 0 Å². The summed E-state index contributed by atoms with van der Waals surface area (Å²) in [6.07, 6.45) is 0. The molecule has 0 aliphatic carbocycles. The Bertz CT molecular complexity index is 438. The highest BCUT2D eigenvalue weighted by atomic mass is 35.5. The zero-order valence-electron chi connectivity index (χ0n) is 11.6. The van der Waals surface area contributed by atoms with Gasteiger partial charge in [-0.05, 0) is 6.07 Å². The van der Waals surface area contributed by atoms with Gasteiger partial charge in [-0.3, -0.25) is 0 Å². The average Bonchev–Trinajstić information content (AvgIpc) is 2.49. The van der Waals surface area contributed by atoms with Crippen LogP contribution in [-0.2, 0) is 11.3 Å². The summed E-state index contributed by atoms with van der Waals surface area (Å²) in [5.74, 6) is 1.33. The number of ether oxygens (including phenoxy) is 3. The second-order valence-electron chi connectivity index (χ2n) is 3.96. The first-order valence-electron chi connectivity index (χ1n) is 6.16. The van der Waals surface area contributed by atoms with Crippen LogP contribution in [0.3, 0.4) is 0 Å². The number of hydrogen-bond donors (Lipinski definition) is 1. The molecule has 6 heteroatoms. The van der Waals surface area contributed by atoms with E-state index in [0.717, 1.165) is 12.1 Å². The molecule has 0 bridgehead atoms. The minimum absolute atomic E-state index is 0.205. The number of hydrogen-bond acceptors (Lipinski definition) is 4. The molecule has 0 aromatic heterocycles. The topological polar surface area (TPSA) is 39.7 Å². The van der Waals surface area contributed by atoms with Crippen molar-refractivity contribution in [1.82, 2.24) is 5.32 Å². The molecule has 0 aliphatic heterocycles. The Hall–Kier alpha value is -0.940. The predicted molar refractivity (Wildman–Crippen MR) is 81.9 cm³/mol.